The Hall–Kier alpha value is -1.31. The van der Waals surface area contributed by atoms with E-state index in [1.807, 2.05) is 0 Å². The first kappa shape index (κ1) is 16.7. The van der Waals surface area contributed by atoms with Crippen molar-refractivity contribution < 1.29 is 17.2 Å². The van der Waals surface area contributed by atoms with Gasteiger partial charge in [-0.3, -0.25) is 0 Å². The van der Waals surface area contributed by atoms with Crippen LogP contribution in [0.1, 0.15) is 19.4 Å². The molecule has 0 bridgehead atoms. The Morgan fingerprint density at radius 3 is 2.45 bits per heavy atom. The lowest BCUT2D eigenvalue weighted by atomic mass is 10.2. The predicted molar refractivity (Wildman–Crippen MR) is 73.5 cm³/mol. The molecule has 0 aliphatic carbocycles. The molecule has 0 saturated carbocycles. The van der Waals surface area contributed by atoms with Gasteiger partial charge in [-0.25, -0.2) is 17.2 Å². The van der Waals surface area contributed by atoms with Crippen molar-refractivity contribution in [2.24, 2.45) is 5.73 Å². The average Bonchev–Trinajstić information content (AvgIpc) is 2.37. The van der Waals surface area contributed by atoms with Gasteiger partial charge in [0.1, 0.15) is 4.90 Å². The second-order valence-corrected chi connectivity index (χ2v) is 6.41. The molecule has 0 unspecified atom stereocenters. The molecular formula is C13H18F2N2O2S. The van der Waals surface area contributed by atoms with Crippen molar-refractivity contribution in [1.29, 1.82) is 0 Å². The fourth-order valence-corrected chi connectivity index (χ4v) is 3.50. The van der Waals surface area contributed by atoms with Gasteiger partial charge < -0.3 is 5.73 Å². The van der Waals surface area contributed by atoms with Crippen LogP contribution in [0.25, 0.3) is 0 Å². The summed E-state index contributed by atoms with van der Waals surface area (Å²) >= 11 is 0. The molecule has 0 atom stereocenters. The summed E-state index contributed by atoms with van der Waals surface area (Å²) in [6, 6.07) is 1.54. The summed E-state index contributed by atoms with van der Waals surface area (Å²) in [5.74, 6) is -2.62. The molecule has 0 fully saturated rings. The van der Waals surface area contributed by atoms with Gasteiger partial charge >= 0.3 is 0 Å². The predicted octanol–water partition coefficient (Wildman–Crippen LogP) is 2.01. The van der Waals surface area contributed by atoms with E-state index in [1.165, 1.54) is 6.08 Å². The molecule has 0 aliphatic heterocycles. The molecular weight excluding hydrogens is 286 g/mol. The highest BCUT2D eigenvalue weighted by Gasteiger charge is 2.30. The van der Waals surface area contributed by atoms with Crippen molar-refractivity contribution in [3.8, 4) is 0 Å². The SMILES string of the molecule is C=CCN(C(C)C)S(=O)(=O)c1cc(CN)cc(F)c1F. The fourth-order valence-electron chi connectivity index (χ4n) is 1.76. The van der Waals surface area contributed by atoms with Gasteiger partial charge in [0.2, 0.25) is 10.0 Å². The zero-order chi connectivity index (χ0) is 15.5. The molecule has 0 amide bonds. The van der Waals surface area contributed by atoms with Gasteiger partial charge in [-0.15, -0.1) is 6.58 Å². The molecule has 1 aromatic rings. The number of hydrogen-bond acceptors (Lipinski definition) is 3. The highest BCUT2D eigenvalue weighted by Crippen LogP contribution is 2.24. The van der Waals surface area contributed by atoms with E-state index in [0.717, 1.165) is 16.4 Å². The second-order valence-electron chi connectivity index (χ2n) is 4.55. The van der Waals surface area contributed by atoms with Crippen LogP contribution in [0.4, 0.5) is 8.78 Å². The first-order valence-corrected chi connectivity index (χ1v) is 7.50. The Bertz CT molecular complexity index is 601. The monoisotopic (exact) mass is 304 g/mol. The third kappa shape index (κ3) is 3.23. The fraction of sp³-hybridized carbons (Fsp3) is 0.385. The van der Waals surface area contributed by atoms with Gasteiger partial charge in [0.05, 0.1) is 0 Å². The lowest BCUT2D eigenvalue weighted by molar-refractivity contribution is 0.378. The smallest absolute Gasteiger partial charge is 0.246 e. The highest BCUT2D eigenvalue weighted by atomic mass is 32.2. The maximum Gasteiger partial charge on any atom is 0.246 e. The maximum absolute atomic E-state index is 13.8. The molecule has 112 valence electrons. The van der Waals surface area contributed by atoms with Crippen LogP contribution >= 0.6 is 0 Å². The minimum Gasteiger partial charge on any atom is -0.326 e. The molecule has 0 aliphatic rings. The Labute approximate surface area is 117 Å². The molecule has 0 spiro atoms. The van der Waals surface area contributed by atoms with E-state index in [2.05, 4.69) is 6.58 Å². The number of benzene rings is 1. The zero-order valence-electron chi connectivity index (χ0n) is 11.4. The van der Waals surface area contributed by atoms with Gasteiger partial charge in [0.15, 0.2) is 11.6 Å². The summed E-state index contributed by atoms with van der Waals surface area (Å²) in [7, 11) is -4.16. The molecule has 1 rings (SSSR count). The van der Waals surface area contributed by atoms with Crippen LogP contribution in [0, 0.1) is 11.6 Å². The molecule has 7 heteroatoms. The molecule has 0 saturated heterocycles. The molecule has 4 nitrogen and oxygen atoms in total. The maximum atomic E-state index is 13.8. The van der Waals surface area contributed by atoms with Gasteiger partial charge in [0, 0.05) is 19.1 Å². The van der Waals surface area contributed by atoms with Crippen LogP contribution in [0.5, 0.6) is 0 Å². The molecule has 0 aromatic heterocycles. The molecule has 0 radical (unpaired) electrons. The van der Waals surface area contributed by atoms with E-state index in [-0.39, 0.29) is 18.7 Å². The third-order valence-electron chi connectivity index (χ3n) is 2.76. The average molecular weight is 304 g/mol. The summed E-state index contributed by atoms with van der Waals surface area (Å²) in [5, 5.41) is 0. The highest BCUT2D eigenvalue weighted by molar-refractivity contribution is 7.89. The summed E-state index contributed by atoms with van der Waals surface area (Å²) in [5.41, 5.74) is 5.57. The van der Waals surface area contributed by atoms with E-state index >= 15 is 0 Å². The number of nitrogens with two attached hydrogens (primary N) is 1. The molecule has 2 N–H and O–H groups in total. The lowest BCUT2D eigenvalue weighted by Crippen LogP contribution is -2.37. The van der Waals surface area contributed by atoms with E-state index in [0.29, 0.717) is 0 Å². The Balaban J connectivity index is 3.48. The first-order valence-electron chi connectivity index (χ1n) is 6.06. The van der Waals surface area contributed by atoms with Crippen molar-refractivity contribution in [2.45, 2.75) is 31.3 Å². The largest absolute Gasteiger partial charge is 0.326 e. The minimum absolute atomic E-state index is 0.00785. The van der Waals surface area contributed by atoms with Crippen LogP contribution in [0.15, 0.2) is 29.7 Å². The number of sulfonamides is 1. The number of nitrogens with zero attached hydrogens (tertiary/aromatic N) is 1. The lowest BCUT2D eigenvalue weighted by Gasteiger charge is -2.25. The Morgan fingerprint density at radius 1 is 1.40 bits per heavy atom. The first-order chi connectivity index (χ1) is 9.25. The second kappa shape index (κ2) is 6.43. The van der Waals surface area contributed by atoms with Gasteiger partial charge in [-0.2, -0.15) is 4.31 Å². The van der Waals surface area contributed by atoms with Crippen molar-refractivity contribution in [3.05, 3.63) is 42.0 Å². The van der Waals surface area contributed by atoms with Crippen molar-refractivity contribution in [1.82, 2.24) is 4.31 Å². The van der Waals surface area contributed by atoms with Crippen LogP contribution in [0.2, 0.25) is 0 Å². The van der Waals surface area contributed by atoms with E-state index in [4.69, 9.17) is 5.73 Å². The number of halogens is 2. The van der Waals surface area contributed by atoms with E-state index in [9.17, 15) is 17.2 Å². The quantitative estimate of drug-likeness (QED) is 0.818. The normalized spacial score (nSPS) is 12.2. The Kier molecular flexibility index (Phi) is 5.38. The minimum atomic E-state index is -4.16. The summed E-state index contributed by atoms with van der Waals surface area (Å²) in [6.07, 6.45) is 1.39. The Morgan fingerprint density at radius 2 is 2.00 bits per heavy atom. The number of rotatable bonds is 6. The van der Waals surface area contributed by atoms with Gasteiger partial charge in [-0.05, 0) is 31.5 Å². The zero-order valence-corrected chi connectivity index (χ0v) is 12.3. The number of hydrogen-bond donors (Lipinski definition) is 1. The van der Waals surface area contributed by atoms with Crippen LogP contribution in [0.3, 0.4) is 0 Å². The molecule has 0 heterocycles. The molecule has 1 aromatic carbocycles. The summed E-state index contributed by atoms with van der Waals surface area (Å²) in [6.45, 7) is 6.68. The summed E-state index contributed by atoms with van der Waals surface area (Å²) < 4.78 is 53.2. The van der Waals surface area contributed by atoms with Crippen molar-refractivity contribution >= 4 is 10.0 Å². The van der Waals surface area contributed by atoms with Gasteiger partial charge in [-0.1, -0.05) is 6.08 Å². The van der Waals surface area contributed by atoms with Crippen LogP contribution < -0.4 is 5.73 Å². The van der Waals surface area contributed by atoms with E-state index in [1.54, 1.807) is 13.8 Å². The topological polar surface area (TPSA) is 63.4 Å². The van der Waals surface area contributed by atoms with E-state index < -0.39 is 32.6 Å². The van der Waals surface area contributed by atoms with Crippen LogP contribution in [-0.4, -0.2) is 25.3 Å². The molecule has 20 heavy (non-hydrogen) atoms. The van der Waals surface area contributed by atoms with Crippen LogP contribution in [-0.2, 0) is 16.6 Å². The summed E-state index contributed by atoms with van der Waals surface area (Å²) in [4.78, 5) is -0.700. The standard InChI is InChI=1S/C13H18F2N2O2S/c1-4-5-17(9(2)3)20(18,19)12-7-10(8-16)6-11(14)13(12)15/h4,6-7,9H,1,5,8,16H2,2-3H3. The van der Waals surface area contributed by atoms with Crippen molar-refractivity contribution in [3.63, 3.8) is 0 Å². The van der Waals surface area contributed by atoms with Gasteiger partial charge in [0.25, 0.3) is 0 Å². The van der Waals surface area contributed by atoms with Crippen molar-refractivity contribution in [2.75, 3.05) is 6.54 Å². The third-order valence-corrected chi connectivity index (χ3v) is 4.80.